The van der Waals surface area contributed by atoms with E-state index in [1.807, 2.05) is 13.8 Å². The Balaban J connectivity index is 2.60. The van der Waals surface area contributed by atoms with Crippen LogP contribution in [0.3, 0.4) is 0 Å². The van der Waals surface area contributed by atoms with Crippen molar-refractivity contribution in [3.63, 3.8) is 0 Å². The highest BCUT2D eigenvalue weighted by atomic mass is 32.2. The van der Waals surface area contributed by atoms with Crippen molar-refractivity contribution in [3.05, 3.63) is 29.3 Å². The van der Waals surface area contributed by atoms with E-state index in [1.54, 1.807) is 19.1 Å². The third kappa shape index (κ3) is 4.01. The first-order valence-electron chi connectivity index (χ1n) is 7.37. The molecule has 7 nitrogen and oxygen atoms in total. The molecule has 0 N–H and O–H groups in total. The number of fused-ring (bicyclic) bond motifs is 1. The Morgan fingerprint density at radius 1 is 1.17 bits per heavy atom. The van der Waals surface area contributed by atoms with Crippen molar-refractivity contribution in [2.75, 3.05) is 13.2 Å². The molecule has 9 heteroatoms. The summed E-state index contributed by atoms with van der Waals surface area (Å²) in [5.74, 6) is 0.0791. The van der Waals surface area contributed by atoms with Gasteiger partial charge in [0, 0.05) is 0 Å². The van der Waals surface area contributed by atoms with Crippen molar-refractivity contribution in [2.24, 2.45) is 4.40 Å². The van der Waals surface area contributed by atoms with Gasteiger partial charge in [0.1, 0.15) is 0 Å². The van der Waals surface area contributed by atoms with Crippen LogP contribution in [0.5, 0.6) is 5.75 Å². The molecule has 1 aliphatic rings. The van der Waals surface area contributed by atoms with Crippen LogP contribution < -0.4 is 4.18 Å². The quantitative estimate of drug-likeness (QED) is 0.691. The third-order valence-corrected chi connectivity index (χ3v) is 5.86. The average molecular weight is 361 g/mol. The Hall–Kier alpha value is -1.21. The van der Waals surface area contributed by atoms with E-state index in [0.29, 0.717) is 24.0 Å². The van der Waals surface area contributed by atoms with Crippen molar-refractivity contribution in [2.45, 2.75) is 33.6 Å². The van der Waals surface area contributed by atoms with Crippen LogP contribution in [0.25, 0.3) is 0 Å². The monoisotopic (exact) mass is 361 g/mol. The van der Waals surface area contributed by atoms with Crippen molar-refractivity contribution >= 4 is 23.4 Å². The molecule has 1 aromatic rings. The molecule has 1 aromatic carbocycles. The molecule has 1 aliphatic heterocycles. The van der Waals surface area contributed by atoms with Crippen LogP contribution in [-0.2, 0) is 23.9 Å². The minimum absolute atomic E-state index is 0.0791. The maximum absolute atomic E-state index is 13.2. The maximum atomic E-state index is 13.2. The first kappa shape index (κ1) is 18.1. The summed E-state index contributed by atoms with van der Waals surface area (Å²) in [4.78, 5) is 0. The summed E-state index contributed by atoms with van der Waals surface area (Å²) in [6.45, 7) is 5.79. The van der Waals surface area contributed by atoms with E-state index in [1.165, 1.54) is 6.07 Å². The number of hydrogen-bond acceptors (Lipinski definition) is 6. The zero-order chi connectivity index (χ0) is 17.1. The second kappa shape index (κ2) is 7.13. The van der Waals surface area contributed by atoms with Gasteiger partial charge in [0.15, 0.2) is 11.2 Å². The van der Waals surface area contributed by atoms with E-state index in [4.69, 9.17) is 13.2 Å². The minimum Gasteiger partial charge on any atom is -0.365 e. The van der Waals surface area contributed by atoms with Gasteiger partial charge in [-0.25, -0.2) is 0 Å². The fourth-order valence-corrected chi connectivity index (χ4v) is 5.18. The van der Waals surface area contributed by atoms with Gasteiger partial charge >= 0.3 is 17.9 Å². The highest BCUT2D eigenvalue weighted by Gasteiger charge is 2.41. The summed E-state index contributed by atoms with van der Waals surface area (Å²) in [6.07, 6.45) is 1.22. The fourth-order valence-electron chi connectivity index (χ4n) is 2.05. The summed E-state index contributed by atoms with van der Waals surface area (Å²) < 4.78 is 56.2. The van der Waals surface area contributed by atoms with Crippen LogP contribution in [0.1, 0.15) is 37.8 Å². The zero-order valence-corrected chi connectivity index (χ0v) is 15.0. The molecule has 0 saturated carbocycles. The highest BCUT2D eigenvalue weighted by Crippen LogP contribution is 2.55. The number of rotatable bonds is 7. The number of aryl methyl sites for hydroxylation is 1. The van der Waals surface area contributed by atoms with Gasteiger partial charge in [0.2, 0.25) is 0 Å². The molecule has 0 atom stereocenters. The van der Waals surface area contributed by atoms with E-state index >= 15 is 0 Å². The van der Waals surface area contributed by atoms with Crippen molar-refractivity contribution in [1.82, 2.24) is 0 Å². The molecular weight excluding hydrogens is 341 g/mol. The molecule has 0 amide bonds. The smallest absolute Gasteiger partial charge is 0.365 e. The summed E-state index contributed by atoms with van der Waals surface area (Å²) in [6, 6.07) is 4.88. The number of hydrogen-bond donors (Lipinski definition) is 0. The standard InChI is InChI=1S/C14H20NO6PS/c1-4-9-19-22(16,20-10-5-2)14-13-11(3)7-6-8-12(13)21-23(17,18)15-14/h6-8H,4-5,9-10H2,1-3H3. The predicted octanol–water partition coefficient (Wildman–Crippen LogP) is 3.43. The van der Waals surface area contributed by atoms with E-state index < -0.39 is 17.9 Å². The van der Waals surface area contributed by atoms with Crippen molar-refractivity contribution in [1.29, 1.82) is 0 Å². The molecule has 128 valence electrons. The summed E-state index contributed by atoms with van der Waals surface area (Å²) in [5, 5.41) is 0. The van der Waals surface area contributed by atoms with Crippen LogP contribution >= 0.6 is 7.60 Å². The molecule has 23 heavy (non-hydrogen) atoms. The molecular formula is C14H20NO6PS. The van der Waals surface area contributed by atoms with Crippen LogP contribution in [0.4, 0.5) is 0 Å². The van der Waals surface area contributed by atoms with Gasteiger partial charge in [-0.2, -0.15) is 8.42 Å². The molecule has 0 fully saturated rings. The Labute approximate surface area is 136 Å². The van der Waals surface area contributed by atoms with Crippen LogP contribution in [0.15, 0.2) is 22.6 Å². The Bertz CT molecular complexity index is 747. The second-order valence-corrected chi connectivity index (χ2v) is 8.18. The fraction of sp³-hybridized carbons (Fsp3) is 0.500. The summed E-state index contributed by atoms with van der Waals surface area (Å²) >= 11 is 0. The topological polar surface area (TPSA) is 91.3 Å². The third-order valence-electron chi connectivity index (χ3n) is 3.04. The van der Waals surface area contributed by atoms with Gasteiger partial charge in [-0.1, -0.05) is 26.0 Å². The summed E-state index contributed by atoms with van der Waals surface area (Å²) in [5.41, 5.74) is 0.813. The van der Waals surface area contributed by atoms with E-state index in [0.717, 1.165) is 0 Å². The van der Waals surface area contributed by atoms with Gasteiger partial charge in [-0.3, -0.25) is 4.57 Å². The lowest BCUT2D eigenvalue weighted by Gasteiger charge is -2.24. The van der Waals surface area contributed by atoms with Gasteiger partial charge in [-0.05, 0) is 31.4 Å². The van der Waals surface area contributed by atoms with Crippen LogP contribution in [-0.4, -0.2) is 27.1 Å². The molecule has 0 bridgehead atoms. The zero-order valence-electron chi connectivity index (χ0n) is 13.3. The first-order valence-corrected chi connectivity index (χ1v) is 10.3. The molecule has 1 heterocycles. The largest absolute Gasteiger partial charge is 0.429 e. The normalized spacial score (nSPS) is 16.4. The molecule has 0 aliphatic carbocycles. The average Bonchev–Trinajstić information content (AvgIpc) is 2.49. The molecule has 0 unspecified atom stereocenters. The van der Waals surface area contributed by atoms with E-state index in [2.05, 4.69) is 4.40 Å². The molecule has 0 spiro atoms. The van der Waals surface area contributed by atoms with Gasteiger partial charge in [0.25, 0.3) is 0 Å². The molecule has 2 rings (SSSR count). The van der Waals surface area contributed by atoms with Gasteiger partial charge in [-0.15, -0.1) is 4.40 Å². The highest BCUT2D eigenvalue weighted by molar-refractivity contribution is 7.87. The van der Waals surface area contributed by atoms with E-state index in [9.17, 15) is 13.0 Å². The lowest BCUT2D eigenvalue weighted by molar-refractivity contribution is 0.216. The lowest BCUT2D eigenvalue weighted by atomic mass is 10.1. The van der Waals surface area contributed by atoms with Crippen molar-refractivity contribution in [3.8, 4) is 5.75 Å². The Morgan fingerprint density at radius 3 is 2.35 bits per heavy atom. The molecule has 0 saturated heterocycles. The van der Waals surface area contributed by atoms with Gasteiger partial charge < -0.3 is 13.2 Å². The van der Waals surface area contributed by atoms with Gasteiger partial charge in [0.05, 0.1) is 18.8 Å². The first-order chi connectivity index (χ1) is 10.8. The van der Waals surface area contributed by atoms with Crippen molar-refractivity contribution < 1.29 is 26.2 Å². The predicted molar refractivity (Wildman–Crippen MR) is 87.4 cm³/mol. The minimum atomic E-state index is -4.24. The SMILES string of the molecule is CCCOP(=O)(OCCC)C1=NS(=O)(=O)Oc2cccc(C)c21. The van der Waals surface area contributed by atoms with Crippen LogP contribution in [0.2, 0.25) is 0 Å². The lowest BCUT2D eigenvalue weighted by Crippen LogP contribution is -2.21. The number of benzene rings is 1. The number of nitrogens with zero attached hydrogens (tertiary/aromatic N) is 1. The Morgan fingerprint density at radius 2 is 1.78 bits per heavy atom. The van der Waals surface area contributed by atoms with E-state index in [-0.39, 0.29) is 24.4 Å². The second-order valence-electron chi connectivity index (χ2n) is 5.04. The molecule has 0 aromatic heterocycles. The molecule has 0 radical (unpaired) electrons. The Kier molecular flexibility index (Phi) is 5.62. The maximum Gasteiger partial charge on any atom is 0.429 e. The van der Waals surface area contributed by atoms with Crippen LogP contribution in [0, 0.1) is 6.92 Å². The summed E-state index contributed by atoms with van der Waals surface area (Å²) in [7, 11) is -8.12.